The number of benzene rings is 3. The smallest absolute Gasteiger partial charge is 0.335 e. The van der Waals surface area contributed by atoms with E-state index in [0.717, 1.165) is 36.5 Å². The number of aromatic carboxylic acids is 1. The molecule has 9 nitrogen and oxygen atoms in total. The van der Waals surface area contributed by atoms with Crippen LogP contribution in [0.25, 0.3) is 33.2 Å². The highest BCUT2D eigenvalue weighted by Crippen LogP contribution is 2.41. The van der Waals surface area contributed by atoms with Gasteiger partial charge in [0.05, 0.1) is 42.7 Å². The van der Waals surface area contributed by atoms with Crippen LogP contribution in [0.4, 0.5) is 32.0 Å². The van der Waals surface area contributed by atoms with Crippen molar-refractivity contribution in [1.82, 2.24) is 15.0 Å². The fraction of sp³-hybridized carbons (Fsp3) is 0.133. The maximum atomic E-state index is 16.1. The third-order valence-electron chi connectivity index (χ3n) is 6.37. The molecule has 15 heteroatoms. The molecule has 0 spiro atoms. The Labute approximate surface area is 250 Å². The van der Waals surface area contributed by atoms with Crippen molar-refractivity contribution in [2.75, 3.05) is 19.5 Å². The van der Waals surface area contributed by atoms with E-state index in [2.05, 4.69) is 15.0 Å². The van der Waals surface area contributed by atoms with Crippen LogP contribution in [0.15, 0.2) is 60.9 Å². The monoisotopic (exact) mass is 630 g/mol. The fourth-order valence-electron chi connectivity index (χ4n) is 4.50. The van der Waals surface area contributed by atoms with Crippen molar-refractivity contribution in [3.05, 3.63) is 83.9 Å². The molecule has 3 aromatic carbocycles. The number of alkyl halides is 3. The van der Waals surface area contributed by atoms with Crippen LogP contribution in [0.1, 0.15) is 10.4 Å². The number of carbonyl (C=O) groups is 1. The number of carboxylic acids is 1. The third-order valence-corrected chi connectivity index (χ3v) is 6.37. The molecule has 0 aliphatic carbocycles. The molecule has 5 aromatic rings. The summed E-state index contributed by atoms with van der Waals surface area (Å²) in [6, 6.07) is 7.92. The third kappa shape index (κ3) is 6.51. The molecular weight excluding hydrogens is 610 g/mol. The van der Waals surface area contributed by atoms with Crippen LogP contribution in [0, 0.1) is 17.5 Å². The number of aromatic nitrogens is 3. The van der Waals surface area contributed by atoms with Gasteiger partial charge in [-0.05, 0) is 41.5 Å². The number of methoxy groups -OCH3 is 2. The van der Waals surface area contributed by atoms with Crippen molar-refractivity contribution >= 4 is 22.6 Å². The van der Waals surface area contributed by atoms with Crippen molar-refractivity contribution in [1.29, 1.82) is 0 Å². The summed E-state index contributed by atoms with van der Waals surface area (Å²) >= 11 is 0. The Balaban J connectivity index is 1.75. The average Bonchev–Trinajstić information content (AvgIpc) is 2.99. The first-order chi connectivity index (χ1) is 21.5. The normalized spacial score (nSPS) is 11.8. The number of rotatable bonds is 10. The Kier molecular flexibility index (Phi) is 8.61. The lowest BCUT2D eigenvalue weighted by atomic mass is 9.95. The standard InChI is InChI=1S/C30H20F6N4O5/c1-43-28-20(11-38-30(40-28)44-2)13-6-21(33)25-22(7-13)37-12-23(39-27(36)26(34)35)24(25)14-3-15(29(41)42)5-18(4-14)45-19-9-16(31)8-17(32)10-19/h3-12,26-27,39H,1-2H3,(H,41,42). The van der Waals surface area contributed by atoms with Crippen LogP contribution in [0.3, 0.4) is 0 Å². The van der Waals surface area contributed by atoms with Crippen LogP contribution < -0.4 is 19.5 Å². The van der Waals surface area contributed by atoms with Gasteiger partial charge in [0, 0.05) is 35.3 Å². The number of nitrogens with zero attached hydrogens (tertiary/aromatic N) is 3. The van der Waals surface area contributed by atoms with Crippen molar-refractivity contribution in [2.45, 2.75) is 12.7 Å². The second-order valence-corrected chi connectivity index (χ2v) is 9.32. The topological polar surface area (TPSA) is 116 Å². The predicted octanol–water partition coefficient (Wildman–Crippen LogP) is 7.26. The van der Waals surface area contributed by atoms with Gasteiger partial charge in [-0.15, -0.1) is 0 Å². The molecule has 45 heavy (non-hydrogen) atoms. The van der Waals surface area contributed by atoms with E-state index in [1.54, 1.807) is 0 Å². The zero-order valence-electron chi connectivity index (χ0n) is 23.1. The van der Waals surface area contributed by atoms with Gasteiger partial charge in [-0.3, -0.25) is 4.98 Å². The Morgan fingerprint density at radius 2 is 1.56 bits per heavy atom. The van der Waals surface area contributed by atoms with E-state index >= 15 is 4.39 Å². The van der Waals surface area contributed by atoms with Gasteiger partial charge in [0.1, 0.15) is 29.0 Å². The predicted molar refractivity (Wildman–Crippen MR) is 149 cm³/mol. The summed E-state index contributed by atoms with van der Waals surface area (Å²) in [6.07, 6.45) is -4.13. The minimum atomic E-state index is -3.49. The highest BCUT2D eigenvalue weighted by atomic mass is 19.3. The van der Waals surface area contributed by atoms with Gasteiger partial charge >= 0.3 is 12.0 Å². The maximum Gasteiger partial charge on any atom is 0.335 e. The van der Waals surface area contributed by atoms with Gasteiger partial charge in [-0.25, -0.2) is 36.1 Å². The summed E-state index contributed by atoms with van der Waals surface area (Å²) in [5.74, 6) is -5.01. The molecule has 0 radical (unpaired) electrons. The number of pyridine rings is 1. The number of anilines is 1. The molecule has 2 heterocycles. The molecule has 0 fully saturated rings. The van der Waals surface area contributed by atoms with E-state index in [9.17, 15) is 31.9 Å². The Morgan fingerprint density at radius 1 is 0.844 bits per heavy atom. The number of carboxylic acid groups (broad SMARTS) is 1. The van der Waals surface area contributed by atoms with E-state index in [0.29, 0.717) is 6.07 Å². The number of fused-ring (bicyclic) bond motifs is 1. The van der Waals surface area contributed by atoms with Crippen molar-refractivity contribution in [3.63, 3.8) is 0 Å². The van der Waals surface area contributed by atoms with Crippen molar-refractivity contribution in [3.8, 4) is 45.6 Å². The largest absolute Gasteiger partial charge is 0.480 e. The van der Waals surface area contributed by atoms with Crippen molar-refractivity contribution < 1.29 is 50.5 Å². The molecule has 5 rings (SSSR count). The number of ether oxygens (including phenoxy) is 3. The fourth-order valence-corrected chi connectivity index (χ4v) is 4.50. The summed E-state index contributed by atoms with van der Waals surface area (Å²) in [5.41, 5.74) is -0.899. The molecule has 0 saturated carbocycles. The van der Waals surface area contributed by atoms with Gasteiger partial charge in [0.2, 0.25) is 12.2 Å². The summed E-state index contributed by atoms with van der Waals surface area (Å²) in [4.78, 5) is 24.2. The van der Waals surface area contributed by atoms with E-state index < -0.39 is 47.4 Å². The first kappa shape index (κ1) is 30.8. The lowest BCUT2D eigenvalue weighted by molar-refractivity contribution is 0.0651. The molecular formula is C30H20F6N4O5. The Morgan fingerprint density at radius 3 is 2.20 bits per heavy atom. The summed E-state index contributed by atoms with van der Waals surface area (Å²) in [6.45, 7) is 0. The molecule has 1 unspecified atom stereocenters. The number of nitrogens with one attached hydrogen (secondary N) is 1. The van der Waals surface area contributed by atoms with Crippen LogP contribution in [0.2, 0.25) is 0 Å². The van der Waals surface area contributed by atoms with E-state index in [1.807, 2.05) is 5.32 Å². The van der Waals surface area contributed by atoms with Crippen LogP contribution in [-0.4, -0.2) is 53.0 Å². The summed E-state index contributed by atoms with van der Waals surface area (Å²) in [7, 11) is 2.66. The van der Waals surface area contributed by atoms with Gasteiger partial charge in [-0.2, -0.15) is 4.98 Å². The molecule has 0 amide bonds. The lowest BCUT2D eigenvalue weighted by Gasteiger charge is -2.19. The number of hydrogen-bond acceptors (Lipinski definition) is 8. The average molecular weight is 631 g/mol. The van der Waals surface area contributed by atoms with Gasteiger partial charge in [-0.1, -0.05) is 0 Å². The minimum absolute atomic E-state index is 0.0230. The van der Waals surface area contributed by atoms with Gasteiger partial charge < -0.3 is 24.6 Å². The second kappa shape index (κ2) is 12.6. The molecule has 0 bridgehead atoms. The molecule has 0 aliphatic rings. The lowest BCUT2D eigenvalue weighted by Crippen LogP contribution is -2.22. The maximum absolute atomic E-state index is 16.1. The highest BCUT2D eigenvalue weighted by Gasteiger charge is 2.25. The van der Waals surface area contributed by atoms with Crippen molar-refractivity contribution in [2.24, 2.45) is 0 Å². The quantitative estimate of drug-likeness (QED) is 0.122. The van der Waals surface area contributed by atoms with Crippen LogP contribution in [-0.2, 0) is 0 Å². The zero-order valence-corrected chi connectivity index (χ0v) is 23.1. The van der Waals surface area contributed by atoms with Crippen LogP contribution in [0.5, 0.6) is 23.4 Å². The second-order valence-electron chi connectivity index (χ2n) is 9.32. The first-order valence-electron chi connectivity index (χ1n) is 12.8. The summed E-state index contributed by atoms with van der Waals surface area (Å²) < 4.78 is 100. The van der Waals surface area contributed by atoms with Gasteiger partial charge in [0.25, 0.3) is 6.43 Å². The van der Waals surface area contributed by atoms with E-state index in [1.165, 1.54) is 32.5 Å². The van der Waals surface area contributed by atoms with E-state index in [-0.39, 0.29) is 56.5 Å². The number of halogens is 6. The molecule has 2 aromatic heterocycles. The SMILES string of the molecule is COc1ncc(-c2cc(F)c3c(-c4cc(Oc5cc(F)cc(F)c5)cc(C(=O)O)c4)c(NC(F)C(F)F)cnc3c2)c(OC)n1. The Hall–Kier alpha value is -5.60. The van der Waals surface area contributed by atoms with E-state index in [4.69, 9.17) is 14.2 Å². The molecule has 2 N–H and O–H groups in total. The molecule has 1 atom stereocenters. The van der Waals surface area contributed by atoms with Gasteiger partial charge in [0.15, 0.2) is 0 Å². The molecule has 0 saturated heterocycles. The first-order valence-corrected chi connectivity index (χ1v) is 12.8. The number of hydrogen-bond donors (Lipinski definition) is 2. The molecule has 0 aliphatic heterocycles. The highest BCUT2D eigenvalue weighted by molar-refractivity contribution is 6.04. The zero-order chi connectivity index (χ0) is 32.4. The Bertz CT molecular complexity index is 1910. The minimum Gasteiger partial charge on any atom is -0.480 e. The summed E-state index contributed by atoms with van der Waals surface area (Å²) in [5, 5.41) is 11.4. The van der Waals surface area contributed by atoms with Crippen LogP contribution >= 0.6 is 0 Å². The molecule has 232 valence electrons.